The SMILES string of the molecule is CN(C)CCOc1cc(F)cc(-c2cccc3[nH]c(-c4n[nH]c5cnc(-c6cnn(C)c6)cc45)cc23)c1. The van der Waals surface area contributed by atoms with Gasteiger partial charge in [0.25, 0.3) is 0 Å². The molecule has 186 valence electrons. The van der Waals surface area contributed by atoms with Crippen LogP contribution < -0.4 is 4.74 Å². The van der Waals surface area contributed by atoms with Gasteiger partial charge in [-0.05, 0) is 55.6 Å². The number of ether oxygens (including phenoxy) is 1. The molecule has 0 unspecified atom stereocenters. The van der Waals surface area contributed by atoms with Crippen LogP contribution in [-0.2, 0) is 7.05 Å². The molecule has 9 heteroatoms. The number of likely N-dealkylation sites (N-methyl/N-ethyl adjacent to an activating group) is 1. The highest BCUT2D eigenvalue weighted by Gasteiger charge is 2.16. The number of rotatable bonds is 7. The summed E-state index contributed by atoms with van der Waals surface area (Å²) in [6, 6.07) is 14.9. The number of halogens is 1. The molecule has 0 radical (unpaired) electrons. The van der Waals surface area contributed by atoms with Gasteiger partial charge in [0.1, 0.15) is 23.9 Å². The summed E-state index contributed by atoms with van der Waals surface area (Å²) < 4.78 is 22.1. The molecule has 8 nitrogen and oxygen atoms in total. The molecule has 2 N–H and O–H groups in total. The van der Waals surface area contributed by atoms with Crippen LogP contribution in [0, 0.1) is 5.82 Å². The van der Waals surface area contributed by atoms with Crippen LogP contribution in [0.4, 0.5) is 4.39 Å². The van der Waals surface area contributed by atoms with Gasteiger partial charge in [-0.3, -0.25) is 14.8 Å². The molecule has 0 aliphatic heterocycles. The predicted octanol–water partition coefficient (Wildman–Crippen LogP) is 5.25. The van der Waals surface area contributed by atoms with Crippen LogP contribution in [0.25, 0.3) is 55.6 Å². The minimum atomic E-state index is -0.334. The Morgan fingerprint density at radius 2 is 1.89 bits per heavy atom. The number of nitrogens with zero attached hydrogens (tertiary/aromatic N) is 5. The summed E-state index contributed by atoms with van der Waals surface area (Å²) in [5, 5.41) is 13.8. The van der Waals surface area contributed by atoms with Gasteiger partial charge in [-0.1, -0.05) is 12.1 Å². The monoisotopic (exact) mass is 495 g/mol. The van der Waals surface area contributed by atoms with Gasteiger partial charge in [0.15, 0.2) is 0 Å². The summed E-state index contributed by atoms with van der Waals surface area (Å²) >= 11 is 0. The Morgan fingerprint density at radius 1 is 1.00 bits per heavy atom. The highest BCUT2D eigenvalue weighted by atomic mass is 19.1. The second-order valence-corrected chi connectivity index (χ2v) is 9.37. The lowest BCUT2D eigenvalue weighted by molar-refractivity contribution is 0.260. The first-order valence-electron chi connectivity index (χ1n) is 12.0. The Labute approximate surface area is 212 Å². The number of pyridine rings is 1. The van der Waals surface area contributed by atoms with Crippen LogP contribution in [0.15, 0.2) is 67.1 Å². The van der Waals surface area contributed by atoms with Crippen LogP contribution in [0.3, 0.4) is 0 Å². The molecule has 6 rings (SSSR count). The van der Waals surface area contributed by atoms with Crippen molar-refractivity contribution in [3.8, 4) is 39.5 Å². The topological polar surface area (TPSA) is 87.7 Å². The number of H-pyrrole nitrogens is 2. The molecule has 0 bridgehead atoms. The van der Waals surface area contributed by atoms with Crippen LogP contribution in [0.1, 0.15) is 0 Å². The van der Waals surface area contributed by atoms with E-state index in [1.165, 1.54) is 12.1 Å². The van der Waals surface area contributed by atoms with Crippen LogP contribution in [-0.4, -0.2) is 62.1 Å². The van der Waals surface area contributed by atoms with Gasteiger partial charge in [0.05, 0.1) is 29.3 Å². The number of hydrogen-bond acceptors (Lipinski definition) is 5. The van der Waals surface area contributed by atoms with Gasteiger partial charge in [-0.25, -0.2) is 4.39 Å². The van der Waals surface area contributed by atoms with Crippen molar-refractivity contribution in [2.45, 2.75) is 0 Å². The fourth-order valence-electron chi connectivity index (χ4n) is 4.52. The summed E-state index contributed by atoms with van der Waals surface area (Å²) in [5.74, 6) is 0.178. The summed E-state index contributed by atoms with van der Waals surface area (Å²) in [7, 11) is 5.83. The van der Waals surface area contributed by atoms with Crippen molar-refractivity contribution < 1.29 is 9.13 Å². The van der Waals surface area contributed by atoms with Gasteiger partial charge in [0, 0.05) is 47.7 Å². The zero-order valence-corrected chi connectivity index (χ0v) is 20.8. The second kappa shape index (κ2) is 9.18. The molecule has 0 saturated carbocycles. The molecular formula is C28H26FN7O. The van der Waals surface area contributed by atoms with Crippen molar-refractivity contribution in [3.63, 3.8) is 0 Å². The van der Waals surface area contributed by atoms with E-state index >= 15 is 0 Å². The van der Waals surface area contributed by atoms with Crippen molar-refractivity contribution in [3.05, 3.63) is 72.9 Å². The molecule has 0 atom stereocenters. The first kappa shape index (κ1) is 22.9. The van der Waals surface area contributed by atoms with Crippen LogP contribution in [0.2, 0.25) is 0 Å². The average molecular weight is 496 g/mol. The van der Waals surface area contributed by atoms with E-state index in [0.717, 1.165) is 62.1 Å². The number of aromatic nitrogens is 6. The van der Waals surface area contributed by atoms with E-state index in [1.807, 2.05) is 62.6 Å². The molecule has 4 heterocycles. The Bertz CT molecular complexity index is 1730. The molecular weight excluding hydrogens is 469 g/mol. The highest BCUT2D eigenvalue weighted by Crippen LogP contribution is 2.36. The minimum absolute atomic E-state index is 0.334. The highest BCUT2D eigenvalue weighted by molar-refractivity contribution is 6.01. The molecule has 37 heavy (non-hydrogen) atoms. The number of fused-ring (bicyclic) bond motifs is 2. The molecule has 0 amide bonds. The quantitative estimate of drug-likeness (QED) is 0.316. The maximum Gasteiger partial charge on any atom is 0.127 e. The summed E-state index contributed by atoms with van der Waals surface area (Å²) in [6.07, 6.45) is 5.51. The fourth-order valence-corrected chi connectivity index (χ4v) is 4.52. The third-order valence-corrected chi connectivity index (χ3v) is 6.36. The fraction of sp³-hybridized carbons (Fsp3) is 0.179. The third-order valence-electron chi connectivity index (χ3n) is 6.36. The summed E-state index contributed by atoms with van der Waals surface area (Å²) in [6.45, 7) is 1.23. The summed E-state index contributed by atoms with van der Waals surface area (Å²) in [4.78, 5) is 10.1. The van der Waals surface area contributed by atoms with E-state index in [2.05, 4.69) is 31.3 Å². The summed E-state index contributed by atoms with van der Waals surface area (Å²) in [5.41, 5.74) is 6.84. The van der Waals surface area contributed by atoms with Gasteiger partial charge in [-0.15, -0.1) is 0 Å². The molecule has 6 aromatic rings. The smallest absolute Gasteiger partial charge is 0.127 e. The number of benzene rings is 2. The predicted molar refractivity (Wildman–Crippen MR) is 143 cm³/mol. The number of nitrogens with one attached hydrogen (secondary N) is 2. The van der Waals surface area contributed by atoms with Crippen LogP contribution in [0.5, 0.6) is 5.75 Å². The van der Waals surface area contributed by atoms with Crippen molar-refractivity contribution in [2.75, 3.05) is 27.2 Å². The Kier molecular flexibility index (Phi) is 5.69. The largest absolute Gasteiger partial charge is 0.492 e. The number of aromatic amines is 2. The van der Waals surface area contributed by atoms with Gasteiger partial charge in [0.2, 0.25) is 0 Å². The molecule has 0 fully saturated rings. The van der Waals surface area contributed by atoms with Gasteiger partial charge < -0.3 is 14.6 Å². The zero-order valence-electron chi connectivity index (χ0n) is 20.8. The van der Waals surface area contributed by atoms with Crippen molar-refractivity contribution in [1.82, 2.24) is 34.8 Å². The maximum absolute atomic E-state index is 14.6. The Morgan fingerprint density at radius 3 is 2.70 bits per heavy atom. The second-order valence-electron chi connectivity index (χ2n) is 9.37. The lowest BCUT2D eigenvalue weighted by Crippen LogP contribution is -2.19. The first-order chi connectivity index (χ1) is 17.9. The normalized spacial score (nSPS) is 11.7. The van der Waals surface area contributed by atoms with Gasteiger partial charge >= 0.3 is 0 Å². The van der Waals surface area contributed by atoms with E-state index < -0.39 is 0 Å². The molecule has 0 aliphatic rings. The van der Waals surface area contributed by atoms with E-state index in [1.54, 1.807) is 17.1 Å². The number of aryl methyl sites for hydroxylation is 1. The lowest BCUT2D eigenvalue weighted by atomic mass is 10.0. The molecule has 4 aromatic heterocycles. The molecule has 0 spiro atoms. The minimum Gasteiger partial charge on any atom is -0.492 e. The molecule has 2 aromatic carbocycles. The van der Waals surface area contributed by atoms with Crippen molar-refractivity contribution >= 4 is 21.8 Å². The van der Waals surface area contributed by atoms with Crippen LogP contribution >= 0.6 is 0 Å². The molecule has 0 saturated heterocycles. The van der Waals surface area contributed by atoms with Crippen molar-refractivity contribution in [2.24, 2.45) is 7.05 Å². The standard InChI is InChI=1S/C28H26FN7O/c1-35(2)7-8-37-20-10-17(9-19(29)11-20)21-5-4-6-24-22(21)12-26(32-24)28-23-13-25(18-14-31-36(3)16-18)30-15-27(23)33-34-28/h4-6,9-16,32H,7-8H2,1-3H3,(H,33,34). The maximum atomic E-state index is 14.6. The third kappa shape index (κ3) is 4.45. The van der Waals surface area contributed by atoms with E-state index in [-0.39, 0.29) is 5.82 Å². The Balaban J connectivity index is 1.40. The average Bonchev–Trinajstić information content (AvgIpc) is 3.60. The van der Waals surface area contributed by atoms with E-state index in [4.69, 9.17) is 4.74 Å². The molecule has 0 aliphatic carbocycles. The Hall–Kier alpha value is -4.50. The van der Waals surface area contributed by atoms with Gasteiger partial charge in [-0.2, -0.15) is 10.2 Å². The lowest BCUT2D eigenvalue weighted by Gasteiger charge is -2.12. The van der Waals surface area contributed by atoms with Crippen molar-refractivity contribution in [1.29, 1.82) is 0 Å². The zero-order chi connectivity index (χ0) is 25.5. The van der Waals surface area contributed by atoms with E-state index in [0.29, 0.717) is 12.4 Å². The van der Waals surface area contributed by atoms with E-state index in [9.17, 15) is 4.39 Å². The number of hydrogen-bond donors (Lipinski definition) is 2. The first-order valence-corrected chi connectivity index (χ1v) is 12.0.